The molecule has 3 N–H and O–H groups in total. The molecule has 0 aromatic carbocycles. The number of likely N-dealkylation sites (N-methyl/N-ethyl adjacent to an activating group) is 1. The van der Waals surface area contributed by atoms with E-state index in [1.165, 1.54) is 64.2 Å². The smallest absolute Gasteiger partial charge is 0.387 e. The second kappa shape index (κ2) is 49.6. The molecule has 1 amide bonds. The number of aliphatic hydroxyl groups excluding tert-OH is 1. The van der Waals surface area contributed by atoms with Gasteiger partial charge in [-0.1, -0.05) is 212 Å². The fourth-order valence-corrected chi connectivity index (χ4v) is 7.61. The van der Waals surface area contributed by atoms with Crippen molar-refractivity contribution in [2.45, 2.75) is 199 Å². The fourth-order valence-electron chi connectivity index (χ4n) is 6.87. The van der Waals surface area contributed by atoms with Crippen molar-refractivity contribution < 1.29 is 32.9 Å². The van der Waals surface area contributed by atoms with Crippen molar-refractivity contribution in [3.8, 4) is 0 Å². The van der Waals surface area contributed by atoms with Gasteiger partial charge in [0.25, 0.3) is 0 Å². The first-order valence-corrected chi connectivity index (χ1v) is 28.6. The number of aliphatic hydroxyl groups is 1. The number of phosphoric acid groups is 1. The molecule has 0 saturated carbocycles. The summed E-state index contributed by atoms with van der Waals surface area (Å²) in [6, 6.07) is -0.892. The number of carbonyl (C=O) groups excluding carboxylic acids is 1. The monoisotopic (exact) mass is 978 g/mol. The second-order valence-electron chi connectivity index (χ2n) is 18.9. The molecule has 3 atom stereocenters. The number of unbranched alkanes of at least 4 members (excludes halogenated alkanes) is 14. The van der Waals surface area contributed by atoms with Crippen molar-refractivity contribution >= 4 is 13.7 Å². The predicted molar refractivity (Wildman–Crippen MR) is 299 cm³/mol. The van der Waals surface area contributed by atoms with E-state index in [1.54, 1.807) is 6.08 Å². The molecule has 3 unspecified atom stereocenters. The molecule has 0 aliphatic carbocycles. The topological polar surface area (TPSA) is 105 Å². The fraction of sp³-hybridized carbons (Fsp3) is 0.617. The number of carbonyl (C=O) groups is 1. The minimum atomic E-state index is -4.37. The van der Waals surface area contributed by atoms with Crippen LogP contribution in [-0.2, 0) is 18.4 Å². The van der Waals surface area contributed by atoms with Gasteiger partial charge >= 0.3 is 7.82 Å². The van der Waals surface area contributed by atoms with Gasteiger partial charge in [-0.25, -0.2) is 4.57 Å². The molecular weight excluding hydrogens is 876 g/mol. The summed E-state index contributed by atoms with van der Waals surface area (Å²) < 4.78 is 23.6. The van der Waals surface area contributed by atoms with Crippen LogP contribution in [0.4, 0.5) is 0 Å². The largest absolute Gasteiger partial charge is 0.472 e. The first kappa shape index (κ1) is 65.6. The maximum Gasteiger partial charge on any atom is 0.472 e. The summed E-state index contributed by atoms with van der Waals surface area (Å²) in [7, 11) is 1.51. The quantitative estimate of drug-likeness (QED) is 0.0243. The Hall–Kier alpha value is -3.36. The number of hydrogen-bond donors (Lipinski definition) is 3. The van der Waals surface area contributed by atoms with Crippen LogP contribution in [0, 0.1) is 0 Å². The molecule has 0 bridgehead atoms. The highest BCUT2D eigenvalue weighted by Gasteiger charge is 2.27. The van der Waals surface area contributed by atoms with Crippen molar-refractivity contribution in [2.24, 2.45) is 0 Å². The number of amides is 1. The lowest BCUT2D eigenvalue weighted by Crippen LogP contribution is -2.45. The molecule has 0 aromatic rings. The Morgan fingerprint density at radius 3 is 1.33 bits per heavy atom. The van der Waals surface area contributed by atoms with Gasteiger partial charge in [-0.15, -0.1) is 0 Å². The van der Waals surface area contributed by atoms with Crippen molar-refractivity contribution in [1.29, 1.82) is 0 Å². The van der Waals surface area contributed by atoms with Gasteiger partial charge in [0.15, 0.2) is 0 Å². The SMILES string of the molecule is CC/C=C\C/C=C\C/C=C\C/C=C\C/C=C\C/C=C\C/C=C\C/C=C\C/C=C\CCCCCC(=O)NC(COP(=O)(O)OCC[N+](C)(C)C)C(O)/C=C/CC/C=C/CCCCCCCCCCCC. The molecule has 0 rings (SSSR count). The molecule has 0 heterocycles. The van der Waals surface area contributed by atoms with E-state index in [2.05, 4.69) is 141 Å². The summed E-state index contributed by atoms with van der Waals surface area (Å²) in [6.07, 6.45) is 75.4. The van der Waals surface area contributed by atoms with E-state index in [9.17, 15) is 19.4 Å². The van der Waals surface area contributed by atoms with Gasteiger partial charge in [0.2, 0.25) is 5.91 Å². The van der Waals surface area contributed by atoms with E-state index in [0.717, 1.165) is 96.3 Å². The van der Waals surface area contributed by atoms with E-state index in [1.807, 2.05) is 27.2 Å². The highest BCUT2D eigenvalue weighted by atomic mass is 31.2. The van der Waals surface area contributed by atoms with Gasteiger partial charge in [-0.3, -0.25) is 13.8 Å². The van der Waals surface area contributed by atoms with Crippen LogP contribution in [0.1, 0.15) is 187 Å². The van der Waals surface area contributed by atoms with Crippen LogP contribution in [0.25, 0.3) is 0 Å². The summed E-state index contributed by atoms with van der Waals surface area (Å²) in [5, 5.41) is 13.8. The van der Waals surface area contributed by atoms with E-state index >= 15 is 0 Å². The number of allylic oxidation sites excluding steroid dienone is 21. The van der Waals surface area contributed by atoms with Crippen molar-refractivity contribution in [3.63, 3.8) is 0 Å². The molecule has 9 heteroatoms. The lowest BCUT2D eigenvalue weighted by Gasteiger charge is -2.25. The minimum absolute atomic E-state index is 0.0415. The molecule has 8 nitrogen and oxygen atoms in total. The molecule has 0 fully saturated rings. The van der Waals surface area contributed by atoms with E-state index in [0.29, 0.717) is 23.9 Å². The molecule has 392 valence electrons. The predicted octanol–water partition coefficient (Wildman–Crippen LogP) is 16.4. The Morgan fingerprint density at radius 1 is 0.507 bits per heavy atom. The first-order valence-electron chi connectivity index (χ1n) is 27.1. The average molecular weight is 978 g/mol. The second-order valence-corrected chi connectivity index (χ2v) is 20.3. The summed E-state index contributed by atoms with van der Waals surface area (Å²) in [4.78, 5) is 23.2. The number of nitrogens with zero attached hydrogens (tertiary/aromatic N) is 1. The Bertz CT molecular complexity index is 1580. The third-order valence-electron chi connectivity index (χ3n) is 11.1. The van der Waals surface area contributed by atoms with E-state index in [4.69, 9.17) is 9.05 Å². The highest BCUT2D eigenvalue weighted by molar-refractivity contribution is 7.47. The molecule has 0 aliphatic rings. The number of phosphoric ester groups is 1. The summed E-state index contributed by atoms with van der Waals surface area (Å²) in [5.41, 5.74) is 0. The van der Waals surface area contributed by atoms with Crippen LogP contribution in [0.15, 0.2) is 134 Å². The van der Waals surface area contributed by atoms with Gasteiger partial charge in [0.05, 0.1) is 39.9 Å². The van der Waals surface area contributed by atoms with Crippen LogP contribution in [0.5, 0.6) is 0 Å². The zero-order valence-corrected chi connectivity index (χ0v) is 45.4. The van der Waals surface area contributed by atoms with Crippen LogP contribution >= 0.6 is 7.82 Å². The van der Waals surface area contributed by atoms with Crippen LogP contribution in [-0.4, -0.2) is 73.4 Å². The van der Waals surface area contributed by atoms with Crippen LogP contribution in [0.2, 0.25) is 0 Å². The zero-order chi connectivity index (χ0) is 50.6. The van der Waals surface area contributed by atoms with Gasteiger partial charge in [0.1, 0.15) is 13.2 Å². The van der Waals surface area contributed by atoms with Crippen LogP contribution < -0.4 is 5.32 Å². The van der Waals surface area contributed by atoms with Gasteiger partial charge < -0.3 is 19.8 Å². The maximum absolute atomic E-state index is 12.9. The third kappa shape index (κ3) is 52.3. The number of hydrogen-bond acceptors (Lipinski definition) is 5. The molecule has 0 spiro atoms. The van der Waals surface area contributed by atoms with E-state index in [-0.39, 0.29) is 19.1 Å². The lowest BCUT2D eigenvalue weighted by molar-refractivity contribution is -0.870. The normalized spacial score (nSPS) is 15.1. The summed E-state index contributed by atoms with van der Waals surface area (Å²) in [6.45, 7) is 4.63. The average Bonchev–Trinajstić information content (AvgIpc) is 3.31. The Kier molecular flexibility index (Phi) is 47.2. The first-order chi connectivity index (χ1) is 33.5. The summed E-state index contributed by atoms with van der Waals surface area (Å²) >= 11 is 0. The molecular formula is C60H102N2O6P+. The van der Waals surface area contributed by atoms with Gasteiger partial charge in [-0.05, 0) is 103 Å². The molecule has 69 heavy (non-hydrogen) atoms. The molecule has 0 aromatic heterocycles. The van der Waals surface area contributed by atoms with Crippen molar-refractivity contribution in [3.05, 3.63) is 134 Å². The zero-order valence-electron chi connectivity index (χ0n) is 44.5. The molecule has 0 saturated heterocycles. The Labute approximate surface area is 424 Å². The maximum atomic E-state index is 12.9. The minimum Gasteiger partial charge on any atom is -0.387 e. The standard InChI is InChI=1S/C60H101N2O6P/c1-6-8-10-12-14-16-18-20-22-24-25-26-27-28-29-30-31-32-33-34-35-36-37-38-40-42-44-46-48-50-52-54-60(64)61-58(57-68-69(65,66)67-56-55-62(3,4)5)59(63)53-51-49-47-45-43-41-39-23-21-19-17-15-13-11-9-7-2/h8,10,14,16,20,22,25-26,28-29,31-32,34-35,37-38,42-45,51,53,58-59,63H,6-7,9,11-13,15,17-19,21,23-24,27,30,33,36,39-41,46-50,52,54-57H2,1-5H3,(H-,61,64,65,66)/p+1/b10-8-,16-14-,22-20-,26-25-,29-28-,32-31-,35-34-,38-37-,44-42-,45-43+,53-51+. The van der Waals surface area contributed by atoms with Crippen LogP contribution in [0.3, 0.4) is 0 Å². The molecule has 0 radical (unpaired) electrons. The van der Waals surface area contributed by atoms with Gasteiger partial charge in [-0.2, -0.15) is 0 Å². The summed E-state index contributed by atoms with van der Waals surface area (Å²) in [5.74, 6) is -0.225. The number of quaternary nitrogens is 1. The van der Waals surface area contributed by atoms with E-state index < -0.39 is 20.0 Å². The Morgan fingerprint density at radius 2 is 0.884 bits per heavy atom. The number of nitrogens with one attached hydrogen (secondary N) is 1. The van der Waals surface area contributed by atoms with Crippen molar-refractivity contribution in [2.75, 3.05) is 40.9 Å². The third-order valence-corrected chi connectivity index (χ3v) is 12.1. The Balaban J connectivity index is 4.39. The lowest BCUT2D eigenvalue weighted by atomic mass is 10.1. The highest BCUT2D eigenvalue weighted by Crippen LogP contribution is 2.43. The van der Waals surface area contributed by atoms with Crippen molar-refractivity contribution in [1.82, 2.24) is 5.32 Å². The van der Waals surface area contributed by atoms with Gasteiger partial charge in [0, 0.05) is 6.42 Å². The number of rotatable bonds is 47. The molecule has 0 aliphatic heterocycles.